The van der Waals surface area contributed by atoms with Gasteiger partial charge in [0.2, 0.25) is 0 Å². The Morgan fingerprint density at radius 2 is 2.00 bits per heavy atom. The maximum absolute atomic E-state index is 12.8. The number of fused-ring (bicyclic) bond motifs is 1. The highest BCUT2D eigenvalue weighted by Gasteiger charge is 2.30. The summed E-state index contributed by atoms with van der Waals surface area (Å²) in [4.78, 5) is 61.0. The molecule has 0 amide bonds. The number of nitrogen functional groups attached to an aromatic ring is 1. The second-order valence-electron chi connectivity index (χ2n) is 8.24. The van der Waals surface area contributed by atoms with E-state index in [0.29, 0.717) is 21.3 Å². The number of anilines is 1. The minimum absolute atomic E-state index is 0.0781. The molecular formula is C21H25N5O4S2. The fourth-order valence-corrected chi connectivity index (χ4v) is 5.54. The van der Waals surface area contributed by atoms with E-state index in [1.165, 1.54) is 15.9 Å². The van der Waals surface area contributed by atoms with Crippen LogP contribution in [-0.2, 0) is 6.42 Å². The molecule has 4 rings (SSSR count). The average molecular weight is 476 g/mol. The van der Waals surface area contributed by atoms with Gasteiger partial charge in [-0.2, -0.15) is 0 Å². The average Bonchev–Trinajstić information content (AvgIpc) is 3.50. The van der Waals surface area contributed by atoms with Crippen LogP contribution >= 0.6 is 23.1 Å². The number of thioether (sulfide) groups is 1. The molecule has 3 aromatic heterocycles. The molecule has 4 N–H and O–H groups in total. The van der Waals surface area contributed by atoms with Crippen LogP contribution in [0.25, 0.3) is 10.2 Å². The van der Waals surface area contributed by atoms with Gasteiger partial charge in [0, 0.05) is 10.9 Å². The molecule has 170 valence electrons. The molecular weight excluding hydrogens is 450 g/mol. The smallest absolute Gasteiger partial charge is 0.330 e. The predicted octanol–water partition coefficient (Wildman–Crippen LogP) is 2.62. The molecule has 32 heavy (non-hydrogen) atoms. The number of aromatic amines is 2. The van der Waals surface area contributed by atoms with Crippen molar-refractivity contribution >= 4 is 44.9 Å². The second kappa shape index (κ2) is 8.70. The van der Waals surface area contributed by atoms with Crippen molar-refractivity contribution in [2.45, 2.75) is 57.7 Å². The molecule has 11 heteroatoms. The van der Waals surface area contributed by atoms with Crippen molar-refractivity contribution in [3.63, 3.8) is 0 Å². The van der Waals surface area contributed by atoms with Gasteiger partial charge in [-0.25, -0.2) is 9.78 Å². The highest BCUT2D eigenvalue weighted by Crippen LogP contribution is 2.35. The van der Waals surface area contributed by atoms with Gasteiger partial charge >= 0.3 is 5.69 Å². The summed E-state index contributed by atoms with van der Waals surface area (Å²) in [7, 11) is 0. The zero-order valence-electron chi connectivity index (χ0n) is 18.1. The summed E-state index contributed by atoms with van der Waals surface area (Å²) in [5.41, 5.74) is 5.18. The monoisotopic (exact) mass is 475 g/mol. The number of H-pyrrole nitrogens is 2. The second-order valence-corrected chi connectivity index (χ2v) is 10.4. The number of hydrogen-bond donors (Lipinski definition) is 3. The number of Topliss-reactive ketones (excluding diaryl/α,β-unsaturated/α-hetero) is 1. The molecule has 9 nitrogen and oxygen atoms in total. The minimum Gasteiger partial charge on any atom is -0.384 e. The fraction of sp³-hybridized carbons (Fsp3) is 0.476. The zero-order chi connectivity index (χ0) is 23.2. The van der Waals surface area contributed by atoms with Crippen molar-refractivity contribution in [2.24, 2.45) is 5.92 Å². The third-order valence-electron chi connectivity index (χ3n) is 5.80. The van der Waals surface area contributed by atoms with Crippen molar-refractivity contribution in [3.8, 4) is 0 Å². The lowest BCUT2D eigenvalue weighted by Crippen LogP contribution is -2.36. The number of thiophene rings is 1. The van der Waals surface area contributed by atoms with Gasteiger partial charge in [-0.1, -0.05) is 32.0 Å². The van der Waals surface area contributed by atoms with Gasteiger partial charge < -0.3 is 10.7 Å². The highest BCUT2D eigenvalue weighted by atomic mass is 32.2. The van der Waals surface area contributed by atoms with Crippen molar-refractivity contribution in [3.05, 3.63) is 47.2 Å². The van der Waals surface area contributed by atoms with Gasteiger partial charge in [0.15, 0.2) is 10.9 Å². The van der Waals surface area contributed by atoms with Crippen molar-refractivity contribution < 1.29 is 4.79 Å². The van der Waals surface area contributed by atoms with E-state index >= 15 is 0 Å². The Balaban J connectivity index is 1.60. The van der Waals surface area contributed by atoms with Crippen LogP contribution in [0.5, 0.6) is 0 Å². The van der Waals surface area contributed by atoms with Gasteiger partial charge in [0.1, 0.15) is 16.2 Å². The van der Waals surface area contributed by atoms with Gasteiger partial charge in [0.25, 0.3) is 11.1 Å². The van der Waals surface area contributed by atoms with Gasteiger partial charge in [-0.15, -0.1) is 11.3 Å². The summed E-state index contributed by atoms with van der Waals surface area (Å²) in [6.45, 7) is 6.27. The van der Waals surface area contributed by atoms with Crippen LogP contribution in [0.1, 0.15) is 60.0 Å². The lowest BCUT2D eigenvalue weighted by atomic mass is 9.98. The fourth-order valence-electron chi connectivity index (χ4n) is 3.70. The summed E-state index contributed by atoms with van der Waals surface area (Å²) in [6, 6.07) is -0.0781. The summed E-state index contributed by atoms with van der Waals surface area (Å²) in [6.07, 6.45) is 3.40. The zero-order valence-corrected chi connectivity index (χ0v) is 19.7. The number of nitrogens with two attached hydrogens (primary N) is 1. The molecule has 1 atom stereocenters. The number of aromatic nitrogens is 4. The summed E-state index contributed by atoms with van der Waals surface area (Å²) in [5.74, 6) is -0.313. The summed E-state index contributed by atoms with van der Waals surface area (Å²) >= 11 is 2.50. The first kappa shape index (κ1) is 22.5. The SMILES string of the molecule is CCC(C)Cc1c(C)sc2nc(SCC(=O)c3c(N)n(C4CC4)c(=O)[nH]c3=O)[nH]c(=O)c12. The van der Waals surface area contributed by atoms with Crippen LogP contribution in [0.4, 0.5) is 5.82 Å². The summed E-state index contributed by atoms with van der Waals surface area (Å²) in [5, 5.41) is 0.915. The number of carbonyl (C=O) groups is 1. The Hall–Kier alpha value is -2.66. The molecule has 0 aromatic carbocycles. The quantitative estimate of drug-likeness (QED) is 0.258. The van der Waals surface area contributed by atoms with Crippen molar-refractivity contribution in [1.82, 2.24) is 19.5 Å². The molecule has 1 saturated carbocycles. The topological polar surface area (TPSA) is 144 Å². The van der Waals surface area contributed by atoms with Crippen LogP contribution in [0, 0.1) is 12.8 Å². The molecule has 1 aliphatic rings. The standard InChI is InChI=1S/C21H25N5O4S2/c1-4-9(2)7-12-10(3)32-19-14(12)17(28)23-20(25-19)31-8-13(27)15-16(22)26(11-5-6-11)21(30)24-18(15)29/h9,11H,4-8,22H2,1-3H3,(H,23,25,28)(H,24,29,30). The van der Waals surface area contributed by atoms with Crippen LogP contribution in [0.3, 0.4) is 0 Å². The Bertz CT molecular complexity index is 1380. The lowest BCUT2D eigenvalue weighted by molar-refractivity contribution is 0.102. The number of nitrogens with one attached hydrogen (secondary N) is 2. The van der Waals surface area contributed by atoms with E-state index in [1.807, 2.05) is 6.92 Å². The van der Waals surface area contributed by atoms with Gasteiger partial charge in [-0.05, 0) is 37.7 Å². The molecule has 0 aliphatic heterocycles. The lowest BCUT2D eigenvalue weighted by Gasteiger charge is -2.11. The molecule has 1 fully saturated rings. The summed E-state index contributed by atoms with van der Waals surface area (Å²) < 4.78 is 1.28. The van der Waals surface area contributed by atoms with Crippen molar-refractivity contribution in [1.29, 1.82) is 0 Å². The maximum Gasteiger partial charge on any atom is 0.330 e. The molecule has 0 saturated heterocycles. The molecule has 1 aliphatic carbocycles. The van der Waals surface area contributed by atoms with Crippen molar-refractivity contribution in [2.75, 3.05) is 11.5 Å². The number of ketones is 1. The number of nitrogens with zero attached hydrogens (tertiary/aromatic N) is 2. The minimum atomic E-state index is -0.796. The molecule has 0 radical (unpaired) electrons. The molecule has 0 spiro atoms. The first-order chi connectivity index (χ1) is 15.2. The van der Waals surface area contributed by atoms with Crippen LogP contribution < -0.4 is 22.5 Å². The Morgan fingerprint density at radius 1 is 1.28 bits per heavy atom. The Kier molecular flexibility index (Phi) is 6.13. The van der Waals surface area contributed by atoms with Gasteiger partial charge in [0.05, 0.1) is 11.1 Å². The molecule has 3 heterocycles. The van der Waals surface area contributed by atoms with Crippen LogP contribution in [-0.4, -0.2) is 31.1 Å². The largest absolute Gasteiger partial charge is 0.384 e. The molecule has 1 unspecified atom stereocenters. The van der Waals surface area contributed by atoms with Crippen LogP contribution in [0.2, 0.25) is 0 Å². The van der Waals surface area contributed by atoms with E-state index in [0.717, 1.165) is 47.9 Å². The normalized spacial score (nSPS) is 14.7. The Labute approximate surface area is 191 Å². The van der Waals surface area contributed by atoms with E-state index in [2.05, 4.69) is 28.8 Å². The number of hydrogen-bond acceptors (Lipinski definition) is 8. The third-order valence-corrected chi connectivity index (χ3v) is 7.72. The van der Waals surface area contributed by atoms with E-state index in [9.17, 15) is 19.2 Å². The number of carbonyl (C=O) groups excluding carboxylic acids is 1. The number of aryl methyl sites for hydroxylation is 1. The maximum atomic E-state index is 12.8. The van der Waals surface area contributed by atoms with E-state index in [-0.39, 0.29) is 28.7 Å². The van der Waals surface area contributed by atoms with E-state index in [1.54, 1.807) is 0 Å². The molecule has 3 aromatic rings. The first-order valence-electron chi connectivity index (χ1n) is 10.5. The Morgan fingerprint density at radius 3 is 2.66 bits per heavy atom. The van der Waals surface area contributed by atoms with Crippen LogP contribution in [0.15, 0.2) is 19.5 Å². The predicted molar refractivity (Wildman–Crippen MR) is 127 cm³/mol. The van der Waals surface area contributed by atoms with Gasteiger partial charge in [-0.3, -0.25) is 23.9 Å². The number of rotatable bonds is 8. The third kappa shape index (κ3) is 4.18. The first-order valence-corrected chi connectivity index (χ1v) is 12.3. The highest BCUT2D eigenvalue weighted by molar-refractivity contribution is 7.99. The van der Waals surface area contributed by atoms with E-state index < -0.39 is 17.0 Å². The van der Waals surface area contributed by atoms with E-state index in [4.69, 9.17) is 5.73 Å². The molecule has 0 bridgehead atoms.